The Kier molecular flexibility index (Phi) is 16.3. The van der Waals surface area contributed by atoms with Gasteiger partial charge in [-0.2, -0.15) is 0 Å². The Bertz CT molecular complexity index is 114. The van der Waals surface area contributed by atoms with Gasteiger partial charge in [-0.15, -0.1) is 0 Å². The molecule has 0 aliphatic carbocycles. The molecule has 0 amide bonds. The summed E-state index contributed by atoms with van der Waals surface area (Å²) in [4.78, 5) is 0. The van der Waals surface area contributed by atoms with Crippen LogP contribution in [0.4, 0.5) is 0 Å². The molecule has 0 aliphatic rings. The Balaban J connectivity index is 2.85. The minimum atomic E-state index is -0.146. The number of unbranched alkanes of at least 4 members (excludes halogenated alkanes) is 11. The summed E-state index contributed by atoms with van der Waals surface area (Å²) in [6, 6.07) is 0. The second kappa shape index (κ2) is 16.2. The van der Waals surface area contributed by atoms with E-state index in [1.807, 2.05) is 0 Å². The number of rotatable bonds is 14. The van der Waals surface area contributed by atoms with Crippen molar-refractivity contribution in [1.82, 2.24) is 0 Å². The van der Waals surface area contributed by atoms with Crippen molar-refractivity contribution >= 4 is 9.76 Å². The van der Waals surface area contributed by atoms with Crippen LogP contribution in [0.5, 0.6) is 0 Å². The Labute approximate surface area is 112 Å². The molecule has 0 atom stereocenters. The van der Waals surface area contributed by atoms with E-state index in [0.29, 0.717) is 0 Å². The summed E-state index contributed by atoms with van der Waals surface area (Å²) in [5, 5.41) is 0. The van der Waals surface area contributed by atoms with Crippen molar-refractivity contribution in [3.05, 3.63) is 0 Å². The molecule has 2 heteroatoms. The Morgan fingerprint density at radius 1 is 0.647 bits per heavy atom. The molecule has 0 heterocycles. The largest absolute Gasteiger partial charge is 0.424 e. The van der Waals surface area contributed by atoms with Crippen LogP contribution in [0.3, 0.4) is 0 Å². The molecule has 104 valence electrons. The molecule has 0 rings (SSSR count). The maximum atomic E-state index is 5.46. The molecule has 0 bridgehead atoms. The first-order valence-electron chi connectivity index (χ1n) is 7.99. The van der Waals surface area contributed by atoms with Crippen molar-refractivity contribution in [3.63, 3.8) is 0 Å². The summed E-state index contributed by atoms with van der Waals surface area (Å²) in [5.41, 5.74) is 0. The SMILES string of the molecule is CCCCCCCCCCCCCCO[SiH2]C. The average molecular weight is 259 g/mol. The van der Waals surface area contributed by atoms with E-state index < -0.39 is 0 Å². The molecule has 0 aromatic heterocycles. The first-order chi connectivity index (χ1) is 8.41. The maximum absolute atomic E-state index is 5.46. The second-order valence-electron chi connectivity index (χ2n) is 5.09. The highest BCUT2D eigenvalue weighted by Crippen LogP contribution is 2.11. The van der Waals surface area contributed by atoms with E-state index in [2.05, 4.69) is 13.5 Å². The molecule has 0 unspecified atom stereocenters. The molecule has 0 aromatic carbocycles. The van der Waals surface area contributed by atoms with Crippen LogP contribution in [0.2, 0.25) is 6.55 Å². The Morgan fingerprint density at radius 2 is 1.06 bits per heavy atom. The van der Waals surface area contributed by atoms with Crippen LogP contribution in [0.1, 0.15) is 84.0 Å². The minimum Gasteiger partial charge on any atom is -0.424 e. The van der Waals surface area contributed by atoms with Gasteiger partial charge in [-0.25, -0.2) is 0 Å². The van der Waals surface area contributed by atoms with Crippen LogP contribution in [-0.4, -0.2) is 16.4 Å². The average Bonchev–Trinajstić information content (AvgIpc) is 2.35. The van der Waals surface area contributed by atoms with Crippen molar-refractivity contribution in [2.24, 2.45) is 0 Å². The zero-order valence-electron chi connectivity index (χ0n) is 12.3. The van der Waals surface area contributed by atoms with Gasteiger partial charge in [-0.3, -0.25) is 0 Å². The van der Waals surface area contributed by atoms with E-state index in [9.17, 15) is 0 Å². The van der Waals surface area contributed by atoms with Crippen LogP contribution in [0, 0.1) is 0 Å². The third-order valence-electron chi connectivity index (χ3n) is 3.35. The van der Waals surface area contributed by atoms with Crippen LogP contribution < -0.4 is 0 Å². The first-order valence-corrected chi connectivity index (χ1v) is 9.98. The van der Waals surface area contributed by atoms with Gasteiger partial charge in [-0.05, 0) is 6.42 Å². The van der Waals surface area contributed by atoms with Gasteiger partial charge in [0.15, 0.2) is 9.76 Å². The summed E-state index contributed by atoms with van der Waals surface area (Å²) >= 11 is 0. The predicted molar refractivity (Wildman–Crippen MR) is 81.4 cm³/mol. The zero-order valence-corrected chi connectivity index (χ0v) is 13.7. The molecular weight excluding hydrogens is 224 g/mol. The van der Waals surface area contributed by atoms with Gasteiger partial charge < -0.3 is 4.43 Å². The van der Waals surface area contributed by atoms with E-state index in [0.717, 1.165) is 6.61 Å². The van der Waals surface area contributed by atoms with Gasteiger partial charge in [0.1, 0.15) is 0 Å². The van der Waals surface area contributed by atoms with Crippen LogP contribution in [-0.2, 0) is 4.43 Å². The maximum Gasteiger partial charge on any atom is 0.158 e. The van der Waals surface area contributed by atoms with Gasteiger partial charge in [0.25, 0.3) is 0 Å². The highest BCUT2D eigenvalue weighted by Gasteiger charge is 1.93. The fourth-order valence-electron chi connectivity index (χ4n) is 2.19. The molecule has 0 fully saturated rings. The van der Waals surface area contributed by atoms with E-state index >= 15 is 0 Å². The molecule has 0 N–H and O–H groups in total. The van der Waals surface area contributed by atoms with E-state index in [-0.39, 0.29) is 9.76 Å². The lowest BCUT2D eigenvalue weighted by molar-refractivity contribution is 0.323. The molecule has 1 nitrogen and oxygen atoms in total. The van der Waals surface area contributed by atoms with Gasteiger partial charge in [0.2, 0.25) is 0 Å². The normalized spacial score (nSPS) is 11.6. The topological polar surface area (TPSA) is 9.23 Å². The highest BCUT2D eigenvalue weighted by molar-refractivity contribution is 6.24. The molecule has 17 heavy (non-hydrogen) atoms. The van der Waals surface area contributed by atoms with Gasteiger partial charge >= 0.3 is 0 Å². The molecule has 0 aromatic rings. The van der Waals surface area contributed by atoms with Crippen LogP contribution >= 0.6 is 0 Å². The third kappa shape index (κ3) is 16.2. The number of hydrogen-bond acceptors (Lipinski definition) is 1. The Hall–Kier alpha value is 0.177. The summed E-state index contributed by atoms with van der Waals surface area (Å²) in [6.45, 7) is 5.52. The molecular formula is C15H34OSi. The van der Waals surface area contributed by atoms with E-state index in [1.165, 1.54) is 77.0 Å². The lowest BCUT2D eigenvalue weighted by Gasteiger charge is -2.03. The van der Waals surface area contributed by atoms with E-state index in [1.54, 1.807) is 0 Å². The standard InChI is InChI=1S/C15H34OSi/c1-3-4-5-6-7-8-9-10-11-12-13-14-15-16-17-2/h3-15,17H2,1-2H3. The summed E-state index contributed by atoms with van der Waals surface area (Å²) in [5.74, 6) is 0. The minimum absolute atomic E-state index is 0.146. The van der Waals surface area contributed by atoms with Gasteiger partial charge in [0, 0.05) is 6.61 Å². The lowest BCUT2D eigenvalue weighted by atomic mass is 10.1. The molecule has 0 saturated carbocycles. The summed E-state index contributed by atoms with van der Waals surface area (Å²) in [6.07, 6.45) is 17.1. The zero-order chi connectivity index (χ0) is 12.6. The molecule has 0 spiro atoms. The van der Waals surface area contributed by atoms with Gasteiger partial charge in [-0.1, -0.05) is 84.1 Å². The molecule has 0 saturated heterocycles. The molecule has 0 aliphatic heterocycles. The smallest absolute Gasteiger partial charge is 0.158 e. The molecule has 0 radical (unpaired) electrons. The van der Waals surface area contributed by atoms with Crippen molar-refractivity contribution in [2.45, 2.75) is 90.5 Å². The second-order valence-corrected chi connectivity index (χ2v) is 6.07. The summed E-state index contributed by atoms with van der Waals surface area (Å²) in [7, 11) is -0.146. The Morgan fingerprint density at radius 3 is 1.47 bits per heavy atom. The van der Waals surface area contributed by atoms with E-state index in [4.69, 9.17) is 4.43 Å². The fourth-order valence-corrected chi connectivity index (χ4v) is 2.68. The quantitative estimate of drug-likeness (QED) is 0.320. The number of hydrogen-bond donors (Lipinski definition) is 0. The van der Waals surface area contributed by atoms with Crippen LogP contribution in [0.15, 0.2) is 0 Å². The van der Waals surface area contributed by atoms with Crippen molar-refractivity contribution in [3.8, 4) is 0 Å². The fraction of sp³-hybridized carbons (Fsp3) is 1.00. The van der Waals surface area contributed by atoms with Crippen molar-refractivity contribution in [1.29, 1.82) is 0 Å². The van der Waals surface area contributed by atoms with Crippen molar-refractivity contribution in [2.75, 3.05) is 6.61 Å². The monoisotopic (exact) mass is 258 g/mol. The van der Waals surface area contributed by atoms with Gasteiger partial charge in [0.05, 0.1) is 0 Å². The highest BCUT2D eigenvalue weighted by atomic mass is 28.2. The van der Waals surface area contributed by atoms with Crippen molar-refractivity contribution < 1.29 is 4.43 Å². The third-order valence-corrected chi connectivity index (χ3v) is 4.04. The first kappa shape index (κ1) is 17.2. The summed E-state index contributed by atoms with van der Waals surface area (Å²) < 4.78 is 5.46. The predicted octanol–water partition coefficient (Wildman–Crippen LogP) is 4.84. The van der Waals surface area contributed by atoms with Crippen LogP contribution in [0.25, 0.3) is 0 Å². The lowest BCUT2D eigenvalue weighted by Crippen LogP contribution is -1.95.